The van der Waals surface area contributed by atoms with E-state index in [1.54, 1.807) is 30.3 Å². The van der Waals surface area contributed by atoms with Crippen molar-refractivity contribution in [3.63, 3.8) is 0 Å². The van der Waals surface area contributed by atoms with Gasteiger partial charge in [0, 0.05) is 11.8 Å². The van der Waals surface area contributed by atoms with Crippen molar-refractivity contribution in [3.05, 3.63) is 59.9 Å². The van der Waals surface area contributed by atoms with Gasteiger partial charge in [0.25, 0.3) is 11.8 Å². The number of amides is 4. The van der Waals surface area contributed by atoms with Crippen LogP contribution in [0.25, 0.3) is 6.08 Å². The first-order chi connectivity index (χ1) is 13.0. The lowest BCUT2D eigenvalue weighted by molar-refractivity contribution is -0.122. The lowest BCUT2D eigenvalue weighted by atomic mass is 10.1. The molecule has 0 spiro atoms. The number of urea groups is 1. The van der Waals surface area contributed by atoms with Crippen LogP contribution in [0.2, 0.25) is 0 Å². The van der Waals surface area contributed by atoms with Crippen molar-refractivity contribution in [2.45, 2.75) is 26.4 Å². The van der Waals surface area contributed by atoms with E-state index in [9.17, 15) is 14.4 Å². The number of carbonyl (C=O) groups excluding carboxylic acids is 3. The number of carbonyl (C=O) groups is 3. The molecule has 138 valence electrons. The van der Waals surface area contributed by atoms with Crippen LogP contribution in [0.5, 0.6) is 5.75 Å². The molecule has 27 heavy (non-hydrogen) atoms. The second-order valence-corrected chi connectivity index (χ2v) is 6.04. The average Bonchev–Trinajstić information content (AvgIpc) is 2.67. The van der Waals surface area contributed by atoms with Crippen molar-refractivity contribution in [2.24, 2.45) is 0 Å². The van der Waals surface area contributed by atoms with E-state index in [2.05, 4.69) is 10.3 Å². The molecule has 2 aromatic rings. The molecule has 0 radical (unpaired) electrons. The third-order valence-electron chi connectivity index (χ3n) is 4.13. The topological polar surface area (TPSA) is 88.6 Å². The second-order valence-electron chi connectivity index (χ2n) is 6.04. The maximum atomic E-state index is 12.8. The fourth-order valence-corrected chi connectivity index (χ4v) is 2.54. The van der Waals surface area contributed by atoms with Gasteiger partial charge in [0.05, 0.1) is 18.0 Å². The summed E-state index contributed by atoms with van der Waals surface area (Å²) in [5.74, 6) is -0.900. The maximum absolute atomic E-state index is 12.8. The van der Waals surface area contributed by atoms with Gasteiger partial charge in [-0.25, -0.2) is 9.69 Å². The van der Waals surface area contributed by atoms with Crippen LogP contribution in [0, 0.1) is 0 Å². The van der Waals surface area contributed by atoms with Crippen molar-refractivity contribution in [2.75, 3.05) is 4.90 Å². The van der Waals surface area contributed by atoms with Gasteiger partial charge in [-0.3, -0.25) is 19.9 Å². The van der Waals surface area contributed by atoms with Crippen molar-refractivity contribution >= 4 is 29.6 Å². The molecule has 4 amide bonds. The Balaban J connectivity index is 1.99. The summed E-state index contributed by atoms with van der Waals surface area (Å²) in [7, 11) is 0. The first-order valence-corrected chi connectivity index (χ1v) is 8.58. The molecule has 1 aromatic heterocycles. The zero-order valence-electron chi connectivity index (χ0n) is 15.0. The van der Waals surface area contributed by atoms with Crippen LogP contribution in [0.4, 0.5) is 10.5 Å². The van der Waals surface area contributed by atoms with Gasteiger partial charge >= 0.3 is 6.03 Å². The zero-order chi connectivity index (χ0) is 19.4. The molecule has 7 heteroatoms. The molecule has 1 N–H and O–H groups in total. The Morgan fingerprint density at radius 2 is 1.96 bits per heavy atom. The number of nitrogens with zero attached hydrogens (tertiary/aromatic N) is 2. The van der Waals surface area contributed by atoms with Crippen LogP contribution in [0.15, 0.2) is 54.4 Å². The van der Waals surface area contributed by atoms with E-state index < -0.39 is 17.8 Å². The van der Waals surface area contributed by atoms with Crippen LogP contribution in [-0.2, 0) is 9.59 Å². The first-order valence-electron chi connectivity index (χ1n) is 8.58. The Morgan fingerprint density at radius 1 is 1.19 bits per heavy atom. The largest absolute Gasteiger partial charge is 0.490 e. The molecule has 0 saturated carbocycles. The van der Waals surface area contributed by atoms with Gasteiger partial charge in [-0.15, -0.1) is 0 Å². The summed E-state index contributed by atoms with van der Waals surface area (Å²) in [5, 5.41) is 2.19. The average molecular weight is 365 g/mol. The highest BCUT2D eigenvalue weighted by Gasteiger charge is 2.37. The number of imide groups is 2. The Morgan fingerprint density at radius 3 is 2.67 bits per heavy atom. The molecule has 0 unspecified atom stereocenters. The van der Waals surface area contributed by atoms with Crippen molar-refractivity contribution < 1.29 is 19.1 Å². The minimum atomic E-state index is -0.806. The van der Waals surface area contributed by atoms with E-state index in [1.165, 1.54) is 18.5 Å². The molecule has 2 heterocycles. The first kappa shape index (κ1) is 18.3. The molecule has 7 nitrogen and oxygen atoms in total. The highest BCUT2D eigenvalue weighted by Crippen LogP contribution is 2.26. The number of rotatable bonds is 5. The monoisotopic (exact) mass is 365 g/mol. The molecule has 1 fully saturated rings. The van der Waals surface area contributed by atoms with Gasteiger partial charge in [-0.1, -0.05) is 25.1 Å². The van der Waals surface area contributed by atoms with E-state index in [-0.39, 0.29) is 17.4 Å². The van der Waals surface area contributed by atoms with Crippen molar-refractivity contribution in [1.29, 1.82) is 0 Å². The minimum absolute atomic E-state index is 0.0195. The lowest BCUT2D eigenvalue weighted by Gasteiger charge is -2.26. The number of ether oxygens (including phenoxy) is 1. The Kier molecular flexibility index (Phi) is 5.30. The third kappa shape index (κ3) is 3.87. The fraction of sp³-hybridized carbons (Fsp3) is 0.200. The predicted octanol–water partition coefficient (Wildman–Crippen LogP) is 2.93. The normalized spacial score (nSPS) is 17.0. The molecule has 1 saturated heterocycles. The molecule has 0 bridgehead atoms. The molecule has 1 atom stereocenters. The molecule has 3 rings (SSSR count). The predicted molar refractivity (Wildman–Crippen MR) is 100 cm³/mol. The Bertz CT molecular complexity index is 908. The van der Waals surface area contributed by atoms with Gasteiger partial charge in [0.15, 0.2) is 0 Å². The van der Waals surface area contributed by atoms with E-state index >= 15 is 0 Å². The van der Waals surface area contributed by atoms with Gasteiger partial charge in [0.2, 0.25) is 0 Å². The summed E-state index contributed by atoms with van der Waals surface area (Å²) in [6, 6.07) is 9.48. The molecule has 1 aliphatic rings. The fourth-order valence-electron chi connectivity index (χ4n) is 2.54. The van der Waals surface area contributed by atoms with Crippen molar-refractivity contribution in [3.8, 4) is 5.75 Å². The summed E-state index contributed by atoms with van der Waals surface area (Å²) < 4.78 is 5.86. The van der Waals surface area contributed by atoms with Crippen LogP contribution in [0.1, 0.15) is 25.8 Å². The van der Waals surface area contributed by atoms with Crippen LogP contribution in [0.3, 0.4) is 0 Å². The number of nitrogens with one attached hydrogen (secondary N) is 1. The number of pyridine rings is 1. The van der Waals surface area contributed by atoms with E-state index in [4.69, 9.17) is 4.74 Å². The van der Waals surface area contributed by atoms with Crippen molar-refractivity contribution in [1.82, 2.24) is 10.3 Å². The van der Waals surface area contributed by atoms with Gasteiger partial charge in [-0.05, 0) is 37.6 Å². The Labute approximate surface area is 156 Å². The zero-order valence-corrected chi connectivity index (χ0v) is 15.0. The number of barbiturate groups is 1. The van der Waals surface area contributed by atoms with Crippen LogP contribution < -0.4 is 15.0 Å². The summed E-state index contributed by atoms with van der Waals surface area (Å²) in [4.78, 5) is 42.1. The molecule has 1 aliphatic heterocycles. The smallest absolute Gasteiger partial charge is 0.336 e. The number of anilines is 1. The Hall–Kier alpha value is -3.48. The number of para-hydroxylation sites is 1. The van der Waals surface area contributed by atoms with E-state index in [0.29, 0.717) is 11.3 Å². The van der Waals surface area contributed by atoms with E-state index in [0.717, 1.165) is 11.3 Å². The number of benzene rings is 1. The standard InChI is InChI=1S/C20H19N3O4/c1-3-13(2)27-17-9-5-4-7-14(17)11-16-18(24)22-20(26)23(19(16)25)15-8-6-10-21-12-15/h4-13H,3H2,1-2H3,(H,22,24,26)/b16-11+/t13-/m1/s1. The third-order valence-corrected chi connectivity index (χ3v) is 4.13. The maximum Gasteiger partial charge on any atom is 0.336 e. The van der Waals surface area contributed by atoms with E-state index in [1.807, 2.05) is 19.9 Å². The second kappa shape index (κ2) is 7.82. The summed E-state index contributed by atoms with van der Waals surface area (Å²) in [6.45, 7) is 3.94. The van der Waals surface area contributed by atoms with Gasteiger partial charge in [0.1, 0.15) is 11.3 Å². The van der Waals surface area contributed by atoms with Gasteiger partial charge < -0.3 is 4.74 Å². The number of hydrogen-bond acceptors (Lipinski definition) is 5. The van der Waals surface area contributed by atoms with Gasteiger partial charge in [-0.2, -0.15) is 0 Å². The molecular formula is C20H19N3O4. The summed E-state index contributed by atoms with van der Waals surface area (Å²) in [5.41, 5.74) is 0.706. The SMILES string of the molecule is CC[C@@H](C)Oc1ccccc1/C=C1\C(=O)NC(=O)N(c2cccnc2)C1=O. The molecule has 0 aliphatic carbocycles. The number of hydrogen-bond donors (Lipinski definition) is 1. The van der Waals surface area contributed by atoms with Crippen LogP contribution in [-0.4, -0.2) is 28.9 Å². The summed E-state index contributed by atoms with van der Waals surface area (Å²) >= 11 is 0. The molecule has 1 aromatic carbocycles. The lowest BCUT2D eigenvalue weighted by Crippen LogP contribution is -2.54. The summed E-state index contributed by atoms with van der Waals surface area (Å²) in [6.07, 6.45) is 5.14. The minimum Gasteiger partial charge on any atom is -0.490 e. The quantitative estimate of drug-likeness (QED) is 0.650. The molecular weight excluding hydrogens is 346 g/mol. The number of aromatic nitrogens is 1. The highest BCUT2D eigenvalue weighted by molar-refractivity contribution is 6.39. The highest BCUT2D eigenvalue weighted by atomic mass is 16.5. The van der Waals surface area contributed by atoms with Crippen LogP contribution >= 0.6 is 0 Å².